The molecule has 1 N–H and O–H groups in total. The molecule has 0 aliphatic rings. The van der Waals surface area contributed by atoms with E-state index in [4.69, 9.17) is 5.11 Å². The molecule has 0 aliphatic carbocycles. The van der Waals surface area contributed by atoms with Crippen molar-refractivity contribution in [3.05, 3.63) is 65.0 Å². The molecule has 6 nitrogen and oxygen atoms in total. The predicted molar refractivity (Wildman–Crippen MR) is 72.4 cm³/mol. The van der Waals surface area contributed by atoms with Crippen LogP contribution in [0.3, 0.4) is 0 Å². The van der Waals surface area contributed by atoms with E-state index in [1.54, 1.807) is 0 Å². The topological polar surface area (TPSA) is 93.6 Å². The number of hydrogen-bond donors (Lipinski definition) is 1. The number of aromatic carboxylic acids is 1. The molecule has 0 bridgehead atoms. The molecule has 6 heteroatoms. The normalized spacial score (nSPS) is 9.95. The number of carboxylic acid groups (broad SMARTS) is 1. The lowest BCUT2D eigenvalue weighted by Crippen LogP contribution is -2.12. The van der Waals surface area contributed by atoms with Crippen LogP contribution in [0.4, 0.5) is 0 Å². The number of rotatable bonds is 4. The largest absolute Gasteiger partial charge is 0.478 e. The fourth-order valence-electron chi connectivity index (χ4n) is 1.80. The molecule has 0 unspecified atom stereocenters. The number of esters is 1. The van der Waals surface area contributed by atoms with Crippen LogP contribution in [0.25, 0.3) is 0 Å². The van der Waals surface area contributed by atoms with E-state index in [1.807, 2.05) is 0 Å². The minimum absolute atomic E-state index is 0.166. The van der Waals surface area contributed by atoms with Crippen LogP contribution in [0.15, 0.2) is 42.6 Å². The molecule has 0 saturated carbocycles. The second-order valence-corrected chi connectivity index (χ2v) is 4.11. The van der Waals surface area contributed by atoms with E-state index in [-0.39, 0.29) is 22.4 Å². The molecule has 0 amide bonds. The smallest absolute Gasteiger partial charge is 0.338 e. The van der Waals surface area contributed by atoms with Gasteiger partial charge in [0, 0.05) is 11.8 Å². The summed E-state index contributed by atoms with van der Waals surface area (Å²) in [5.74, 6) is -2.39. The molecule has 0 atom stereocenters. The SMILES string of the molecule is COC(=O)c1cccc(C(=O)c2ncccc2C(=O)O)c1. The maximum Gasteiger partial charge on any atom is 0.338 e. The minimum atomic E-state index is -1.24. The van der Waals surface area contributed by atoms with Gasteiger partial charge in [0.2, 0.25) is 5.78 Å². The number of carboxylic acids is 1. The van der Waals surface area contributed by atoms with Gasteiger partial charge in [-0.25, -0.2) is 9.59 Å². The fourth-order valence-corrected chi connectivity index (χ4v) is 1.80. The Morgan fingerprint density at radius 1 is 1.10 bits per heavy atom. The Morgan fingerprint density at radius 3 is 2.48 bits per heavy atom. The van der Waals surface area contributed by atoms with Crippen LogP contribution in [0, 0.1) is 0 Å². The third-order valence-electron chi connectivity index (χ3n) is 2.80. The van der Waals surface area contributed by atoms with Crippen LogP contribution in [0.1, 0.15) is 36.8 Å². The van der Waals surface area contributed by atoms with Gasteiger partial charge in [0.25, 0.3) is 0 Å². The van der Waals surface area contributed by atoms with Gasteiger partial charge in [0.15, 0.2) is 0 Å². The zero-order chi connectivity index (χ0) is 15.4. The third kappa shape index (κ3) is 2.94. The van der Waals surface area contributed by atoms with Gasteiger partial charge in [-0.3, -0.25) is 9.78 Å². The first kappa shape index (κ1) is 14.4. The maximum atomic E-state index is 12.4. The second kappa shape index (κ2) is 5.96. The lowest BCUT2D eigenvalue weighted by atomic mass is 10.0. The van der Waals surface area contributed by atoms with Gasteiger partial charge >= 0.3 is 11.9 Å². The van der Waals surface area contributed by atoms with Gasteiger partial charge in [-0.05, 0) is 24.3 Å². The third-order valence-corrected chi connectivity index (χ3v) is 2.80. The number of pyridine rings is 1. The second-order valence-electron chi connectivity index (χ2n) is 4.11. The first-order chi connectivity index (χ1) is 10.0. The summed E-state index contributed by atoms with van der Waals surface area (Å²) in [5.41, 5.74) is 0.00763. The van der Waals surface area contributed by atoms with Crippen molar-refractivity contribution in [2.45, 2.75) is 0 Å². The number of ketones is 1. The molecule has 0 spiro atoms. The molecular weight excluding hydrogens is 274 g/mol. The van der Waals surface area contributed by atoms with Crippen molar-refractivity contribution in [1.82, 2.24) is 4.98 Å². The van der Waals surface area contributed by atoms with Crippen LogP contribution in [-0.2, 0) is 4.74 Å². The first-order valence-electron chi connectivity index (χ1n) is 5.96. The quantitative estimate of drug-likeness (QED) is 0.680. The number of carbonyl (C=O) groups excluding carboxylic acids is 2. The summed E-state index contributed by atoms with van der Waals surface area (Å²) in [7, 11) is 1.23. The van der Waals surface area contributed by atoms with E-state index in [1.165, 1.54) is 49.7 Å². The van der Waals surface area contributed by atoms with Gasteiger partial charge in [0.05, 0.1) is 18.2 Å². The summed E-state index contributed by atoms with van der Waals surface area (Å²) < 4.78 is 4.58. The summed E-state index contributed by atoms with van der Waals surface area (Å²) in [6.07, 6.45) is 1.34. The molecule has 1 aromatic heterocycles. The van der Waals surface area contributed by atoms with E-state index in [9.17, 15) is 14.4 Å². The average molecular weight is 285 g/mol. The Balaban J connectivity index is 2.46. The molecule has 2 aromatic rings. The molecule has 106 valence electrons. The van der Waals surface area contributed by atoms with Crippen molar-refractivity contribution in [3.8, 4) is 0 Å². The van der Waals surface area contributed by atoms with Gasteiger partial charge in [0.1, 0.15) is 5.69 Å². The van der Waals surface area contributed by atoms with E-state index in [0.29, 0.717) is 0 Å². The van der Waals surface area contributed by atoms with Crippen LogP contribution in [0.2, 0.25) is 0 Å². The summed E-state index contributed by atoms with van der Waals surface area (Å²) >= 11 is 0. The zero-order valence-corrected chi connectivity index (χ0v) is 11.1. The van der Waals surface area contributed by atoms with Crippen molar-refractivity contribution in [3.63, 3.8) is 0 Å². The van der Waals surface area contributed by atoms with Gasteiger partial charge in [-0.2, -0.15) is 0 Å². The Morgan fingerprint density at radius 2 is 1.81 bits per heavy atom. The highest BCUT2D eigenvalue weighted by atomic mass is 16.5. The number of carbonyl (C=O) groups is 3. The van der Waals surface area contributed by atoms with Crippen LogP contribution < -0.4 is 0 Å². The Labute approximate surface area is 120 Å². The number of methoxy groups -OCH3 is 1. The first-order valence-corrected chi connectivity index (χ1v) is 5.96. The summed E-state index contributed by atoms with van der Waals surface area (Å²) in [6, 6.07) is 8.57. The predicted octanol–water partition coefficient (Wildman–Crippen LogP) is 1.80. The Hall–Kier alpha value is -3.02. The molecule has 0 saturated heterocycles. The maximum absolute atomic E-state index is 12.4. The number of nitrogens with zero attached hydrogens (tertiary/aromatic N) is 1. The Bertz CT molecular complexity index is 724. The summed E-state index contributed by atoms with van der Waals surface area (Å²) in [5, 5.41) is 9.08. The van der Waals surface area contributed by atoms with E-state index < -0.39 is 17.7 Å². The highest BCUT2D eigenvalue weighted by molar-refractivity contribution is 6.13. The minimum Gasteiger partial charge on any atom is -0.478 e. The zero-order valence-electron chi connectivity index (χ0n) is 11.1. The lowest BCUT2D eigenvalue weighted by Gasteiger charge is -2.05. The molecule has 2 rings (SSSR count). The van der Waals surface area contributed by atoms with Gasteiger partial charge in [-0.1, -0.05) is 12.1 Å². The van der Waals surface area contributed by atoms with E-state index in [0.717, 1.165) is 0 Å². The molecular formula is C15H11NO5. The molecule has 0 aliphatic heterocycles. The van der Waals surface area contributed by atoms with E-state index in [2.05, 4.69) is 9.72 Å². The number of aromatic nitrogens is 1. The van der Waals surface area contributed by atoms with Crippen molar-refractivity contribution in [1.29, 1.82) is 0 Å². The fraction of sp³-hybridized carbons (Fsp3) is 0.0667. The highest BCUT2D eigenvalue weighted by Crippen LogP contribution is 2.14. The van der Waals surface area contributed by atoms with Gasteiger partial charge in [-0.15, -0.1) is 0 Å². The lowest BCUT2D eigenvalue weighted by molar-refractivity contribution is 0.0599. The number of benzene rings is 1. The monoisotopic (exact) mass is 285 g/mol. The van der Waals surface area contributed by atoms with Crippen LogP contribution in [-0.4, -0.2) is 34.9 Å². The number of ether oxygens (including phenoxy) is 1. The van der Waals surface area contributed by atoms with Crippen LogP contribution in [0.5, 0.6) is 0 Å². The van der Waals surface area contributed by atoms with Crippen molar-refractivity contribution in [2.75, 3.05) is 7.11 Å². The summed E-state index contributed by atoms with van der Waals surface area (Å²) in [4.78, 5) is 38.8. The van der Waals surface area contributed by atoms with Crippen molar-refractivity contribution >= 4 is 17.7 Å². The van der Waals surface area contributed by atoms with Crippen molar-refractivity contribution < 1.29 is 24.2 Å². The Kier molecular flexibility index (Phi) is 4.08. The molecule has 1 heterocycles. The molecule has 1 aromatic carbocycles. The standard InChI is InChI=1S/C15H11NO5/c1-21-15(20)10-5-2-4-9(8-10)13(17)12-11(14(18)19)6-3-7-16-12/h2-8H,1H3,(H,18,19). The number of hydrogen-bond acceptors (Lipinski definition) is 5. The molecule has 0 radical (unpaired) electrons. The van der Waals surface area contributed by atoms with E-state index >= 15 is 0 Å². The highest BCUT2D eigenvalue weighted by Gasteiger charge is 2.20. The average Bonchev–Trinajstić information content (AvgIpc) is 2.53. The molecule has 21 heavy (non-hydrogen) atoms. The van der Waals surface area contributed by atoms with Crippen LogP contribution >= 0.6 is 0 Å². The molecule has 0 fully saturated rings. The summed E-state index contributed by atoms with van der Waals surface area (Å²) in [6.45, 7) is 0. The van der Waals surface area contributed by atoms with Gasteiger partial charge < -0.3 is 9.84 Å². The van der Waals surface area contributed by atoms with Crippen molar-refractivity contribution in [2.24, 2.45) is 0 Å².